The Balaban J connectivity index is 2.26. The second-order valence-corrected chi connectivity index (χ2v) is 5.33. The summed E-state index contributed by atoms with van der Waals surface area (Å²) in [6.45, 7) is 2.74. The highest BCUT2D eigenvalue weighted by molar-refractivity contribution is 8.00. The maximum Gasteiger partial charge on any atom is 0.302 e. The highest BCUT2D eigenvalue weighted by Crippen LogP contribution is 2.39. The summed E-state index contributed by atoms with van der Waals surface area (Å²) in [7, 11) is 0. The molecule has 1 saturated heterocycles. The van der Waals surface area contributed by atoms with Crippen LogP contribution in [0, 0.1) is 0 Å². The number of ether oxygens (including phenoxy) is 1. The largest absolute Gasteiger partial charge is 0.461 e. The number of amides is 1. The van der Waals surface area contributed by atoms with Gasteiger partial charge in [-0.3, -0.25) is 19.3 Å². The lowest BCUT2D eigenvalue weighted by molar-refractivity contribution is -0.143. The molecule has 2 heterocycles. The van der Waals surface area contributed by atoms with E-state index in [9.17, 15) is 14.4 Å². The molecule has 0 aliphatic carbocycles. The highest BCUT2D eigenvalue weighted by atomic mass is 32.2. The Morgan fingerprint density at radius 2 is 2.17 bits per heavy atom. The standard InChI is InChI=1S/C11H14N2O4S/c1-5(14)9-7(3-17-6(2)15)4-18-11-8(12)10(16)13(9)11/h8,11H,3-4,12H2,1-2H3. The summed E-state index contributed by atoms with van der Waals surface area (Å²) < 4.78 is 4.90. The van der Waals surface area contributed by atoms with E-state index in [2.05, 4.69) is 0 Å². The van der Waals surface area contributed by atoms with Crippen LogP contribution >= 0.6 is 11.8 Å². The zero-order valence-electron chi connectivity index (χ0n) is 10.1. The second kappa shape index (κ2) is 4.74. The summed E-state index contributed by atoms with van der Waals surface area (Å²) in [6, 6.07) is -0.542. The fraction of sp³-hybridized carbons (Fsp3) is 0.545. The maximum atomic E-state index is 11.7. The SMILES string of the molecule is CC(=O)OCC1=C(C(C)=O)N2C(=O)C(N)C2SC1. The highest BCUT2D eigenvalue weighted by Gasteiger charge is 2.50. The van der Waals surface area contributed by atoms with Crippen LogP contribution in [0.1, 0.15) is 13.8 Å². The number of hydrogen-bond donors (Lipinski definition) is 1. The Labute approximate surface area is 109 Å². The van der Waals surface area contributed by atoms with Crippen molar-refractivity contribution in [2.24, 2.45) is 5.73 Å². The lowest BCUT2D eigenvalue weighted by atomic mass is 10.0. The summed E-state index contributed by atoms with van der Waals surface area (Å²) in [5, 5.41) is -0.169. The average molecular weight is 270 g/mol. The van der Waals surface area contributed by atoms with Gasteiger partial charge >= 0.3 is 5.97 Å². The minimum Gasteiger partial charge on any atom is -0.461 e. The predicted molar refractivity (Wildman–Crippen MR) is 65.4 cm³/mol. The number of Topliss-reactive ketones (excluding diaryl/α,β-unsaturated/α-hetero) is 1. The van der Waals surface area contributed by atoms with Crippen LogP contribution < -0.4 is 5.73 Å². The molecule has 1 fully saturated rings. The average Bonchev–Trinajstić information content (AvgIpc) is 2.33. The molecule has 2 unspecified atom stereocenters. The molecule has 7 heteroatoms. The Morgan fingerprint density at radius 1 is 1.50 bits per heavy atom. The molecule has 98 valence electrons. The molecule has 0 saturated carbocycles. The van der Waals surface area contributed by atoms with Crippen molar-refractivity contribution in [3.63, 3.8) is 0 Å². The number of allylic oxidation sites excluding steroid dienone is 1. The van der Waals surface area contributed by atoms with E-state index >= 15 is 0 Å². The van der Waals surface area contributed by atoms with Crippen LogP contribution in [-0.4, -0.2) is 46.3 Å². The smallest absolute Gasteiger partial charge is 0.302 e. The van der Waals surface area contributed by atoms with Gasteiger partial charge in [0.2, 0.25) is 5.91 Å². The number of carbonyl (C=O) groups excluding carboxylic acids is 3. The van der Waals surface area contributed by atoms with Crippen LogP contribution in [0.5, 0.6) is 0 Å². The summed E-state index contributed by atoms with van der Waals surface area (Å²) in [5.41, 5.74) is 6.68. The van der Waals surface area contributed by atoms with Gasteiger partial charge in [-0.25, -0.2) is 0 Å². The van der Waals surface area contributed by atoms with Crippen molar-refractivity contribution in [1.82, 2.24) is 4.90 Å². The van der Waals surface area contributed by atoms with Crippen molar-refractivity contribution in [2.45, 2.75) is 25.3 Å². The van der Waals surface area contributed by atoms with Crippen LogP contribution in [0.2, 0.25) is 0 Å². The number of β-lactam (4-membered cyclic amide) rings is 1. The molecule has 18 heavy (non-hydrogen) atoms. The Bertz CT molecular complexity index is 460. The molecule has 0 bridgehead atoms. The molecule has 0 spiro atoms. The quantitative estimate of drug-likeness (QED) is 0.556. The van der Waals surface area contributed by atoms with Gasteiger partial charge in [0, 0.05) is 25.2 Å². The molecule has 0 aromatic heterocycles. The van der Waals surface area contributed by atoms with Gasteiger partial charge in [0.25, 0.3) is 0 Å². The zero-order chi connectivity index (χ0) is 13.4. The number of hydrogen-bond acceptors (Lipinski definition) is 6. The van der Waals surface area contributed by atoms with Crippen molar-refractivity contribution >= 4 is 29.4 Å². The molecule has 1 amide bonds. The van der Waals surface area contributed by atoms with Crippen LogP contribution in [-0.2, 0) is 19.1 Å². The first-order valence-electron chi connectivity index (χ1n) is 5.50. The van der Waals surface area contributed by atoms with E-state index in [1.165, 1.54) is 30.5 Å². The van der Waals surface area contributed by atoms with Crippen LogP contribution in [0.15, 0.2) is 11.3 Å². The minimum atomic E-state index is -0.542. The molecule has 2 rings (SSSR count). The fourth-order valence-corrected chi connectivity index (χ4v) is 3.32. The number of rotatable bonds is 3. The summed E-state index contributed by atoms with van der Waals surface area (Å²) in [5.74, 6) is -0.325. The third-order valence-electron chi connectivity index (χ3n) is 2.87. The van der Waals surface area contributed by atoms with E-state index in [0.717, 1.165) is 0 Å². The van der Waals surface area contributed by atoms with Crippen LogP contribution in [0.3, 0.4) is 0 Å². The van der Waals surface area contributed by atoms with Gasteiger partial charge in [-0.2, -0.15) is 0 Å². The lowest BCUT2D eigenvalue weighted by Gasteiger charge is -2.48. The number of ketones is 1. The zero-order valence-corrected chi connectivity index (χ0v) is 11.0. The van der Waals surface area contributed by atoms with Gasteiger partial charge in [0.1, 0.15) is 18.0 Å². The van der Waals surface area contributed by atoms with Gasteiger partial charge in [-0.05, 0) is 0 Å². The first kappa shape index (κ1) is 13.1. The van der Waals surface area contributed by atoms with Crippen molar-refractivity contribution in [1.29, 1.82) is 0 Å². The predicted octanol–water partition coefficient (Wildman–Crippen LogP) is -0.365. The van der Waals surface area contributed by atoms with Gasteiger partial charge in [0.05, 0.1) is 5.70 Å². The van der Waals surface area contributed by atoms with Crippen LogP contribution in [0.4, 0.5) is 0 Å². The molecule has 2 atom stereocenters. The maximum absolute atomic E-state index is 11.7. The normalized spacial score (nSPS) is 26.6. The van der Waals surface area contributed by atoms with Gasteiger partial charge in [-0.15, -0.1) is 11.8 Å². The van der Waals surface area contributed by atoms with E-state index in [-0.39, 0.29) is 23.7 Å². The molecule has 6 nitrogen and oxygen atoms in total. The molecule has 2 aliphatic heterocycles. The lowest BCUT2D eigenvalue weighted by Crippen LogP contribution is -2.68. The summed E-state index contributed by atoms with van der Waals surface area (Å²) in [4.78, 5) is 35.6. The number of thioether (sulfide) groups is 1. The second-order valence-electron chi connectivity index (χ2n) is 4.22. The molecule has 0 radical (unpaired) electrons. The Morgan fingerprint density at radius 3 is 2.72 bits per heavy atom. The number of esters is 1. The number of nitrogens with zero attached hydrogens (tertiary/aromatic N) is 1. The molecule has 2 N–H and O–H groups in total. The van der Waals surface area contributed by atoms with E-state index in [1.807, 2.05) is 0 Å². The molecule has 0 aromatic carbocycles. The fourth-order valence-electron chi connectivity index (χ4n) is 2.04. The first-order valence-corrected chi connectivity index (χ1v) is 6.55. The number of carbonyl (C=O) groups is 3. The van der Waals surface area contributed by atoms with Crippen molar-refractivity contribution in [3.05, 3.63) is 11.3 Å². The third kappa shape index (κ3) is 2.04. The first-order chi connectivity index (χ1) is 8.43. The Hall–Kier alpha value is -1.34. The minimum absolute atomic E-state index is 0.0446. The van der Waals surface area contributed by atoms with E-state index in [1.54, 1.807) is 0 Å². The monoisotopic (exact) mass is 270 g/mol. The van der Waals surface area contributed by atoms with E-state index in [4.69, 9.17) is 10.5 Å². The van der Waals surface area contributed by atoms with Gasteiger partial charge in [0.15, 0.2) is 5.78 Å². The molecule has 0 aromatic rings. The molecular weight excluding hydrogens is 256 g/mol. The van der Waals surface area contributed by atoms with Crippen molar-refractivity contribution in [2.75, 3.05) is 12.4 Å². The molecular formula is C11H14N2O4S. The summed E-state index contributed by atoms with van der Waals surface area (Å²) in [6.07, 6.45) is 0. The van der Waals surface area contributed by atoms with Crippen molar-refractivity contribution in [3.8, 4) is 0 Å². The topological polar surface area (TPSA) is 89.7 Å². The number of fused-ring (bicyclic) bond motifs is 1. The number of nitrogens with two attached hydrogens (primary N) is 1. The summed E-state index contributed by atoms with van der Waals surface area (Å²) >= 11 is 1.48. The van der Waals surface area contributed by atoms with Gasteiger partial charge in [-0.1, -0.05) is 0 Å². The van der Waals surface area contributed by atoms with E-state index < -0.39 is 12.0 Å². The Kier molecular flexibility index (Phi) is 3.45. The van der Waals surface area contributed by atoms with Gasteiger partial charge < -0.3 is 10.5 Å². The third-order valence-corrected chi connectivity index (χ3v) is 4.23. The van der Waals surface area contributed by atoms with Crippen LogP contribution in [0.25, 0.3) is 0 Å². The van der Waals surface area contributed by atoms with E-state index in [0.29, 0.717) is 17.0 Å². The van der Waals surface area contributed by atoms with Crippen molar-refractivity contribution < 1.29 is 19.1 Å². The molecule has 2 aliphatic rings.